The highest BCUT2D eigenvalue weighted by Gasteiger charge is 2.35. The molecule has 0 bridgehead atoms. The molecule has 2 aromatic rings. The Bertz CT molecular complexity index is 882. The maximum atomic E-state index is 13.1. The van der Waals surface area contributed by atoms with Crippen LogP contribution in [0.4, 0.5) is 4.39 Å². The Balaban J connectivity index is 1.80. The fourth-order valence-electron chi connectivity index (χ4n) is 3.22. The number of ether oxygens (including phenoxy) is 1. The predicted octanol–water partition coefficient (Wildman–Crippen LogP) is 1.68. The Morgan fingerprint density at radius 1 is 1.31 bits per heavy atom. The first-order valence-corrected chi connectivity index (χ1v) is 9.95. The molecule has 3 heterocycles. The SMILES string of the molecule is CCn1nc(C)c(S(=O)(=O)N2CCCC(Oc3ncc(F)cn3)C2)c1C. The Hall–Kier alpha value is -2.07. The van der Waals surface area contributed by atoms with E-state index in [-0.39, 0.29) is 23.6 Å². The lowest BCUT2D eigenvalue weighted by Gasteiger charge is -2.31. The van der Waals surface area contributed by atoms with Crippen LogP contribution in [0.25, 0.3) is 0 Å². The number of aromatic nitrogens is 4. The van der Waals surface area contributed by atoms with Crippen molar-refractivity contribution in [2.75, 3.05) is 13.1 Å². The molecule has 1 saturated heterocycles. The molecule has 0 aromatic carbocycles. The molecule has 1 aliphatic heterocycles. The van der Waals surface area contributed by atoms with Crippen molar-refractivity contribution in [1.82, 2.24) is 24.1 Å². The Morgan fingerprint density at radius 2 is 2.00 bits per heavy atom. The zero-order valence-corrected chi connectivity index (χ0v) is 15.8. The zero-order chi connectivity index (χ0) is 18.9. The number of piperidine rings is 1. The summed E-state index contributed by atoms with van der Waals surface area (Å²) in [6, 6.07) is 0.0433. The van der Waals surface area contributed by atoms with Gasteiger partial charge in [-0.1, -0.05) is 0 Å². The first-order valence-electron chi connectivity index (χ1n) is 8.51. The number of sulfonamides is 1. The van der Waals surface area contributed by atoms with Crippen molar-refractivity contribution in [2.45, 2.75) is 51.2 Å². The molecule has 10 heteroatoms. The number of hydrogen-bond acceptors (Lipinski definition) is 6. The quantitative estimate of drug-likeness (QED) is 0.780. The van der Waals surface area contributed by atoms with Crippen LogP contribution in [0, 0.1) is 19.7 Å². The molecule has 1 atom stereocenters. The van der Waals surface area contributed by atoms with Crippen LogP contribution in [0.1, 0.15) is 31.2 Å². The first kappa shape index (κ1) is 18.7. The highest BCUT2D eigenvalue weighted by atomic mass is 32.2. The molecule has 1 aliphatic rings. The van der Waals surface area contributed by atoms with E-state index in [2.05, 4.69) is 15.1 Å². The molecule has 1 unspecified atom stereocenters. The summed E-state index contributed by atoms with van der Waals surface area (Å²) in [4.78, 5) is 7.80. The topological polar surface area (TPSA) is 90.2 Å². The smallest absolute Gasteiger partial charge is 0.316 e. The van der Waals surface area contributed by atoms with Crippen LogP contribution >= 0.6 is 0 Å². The molecule has 3 rings (SSSR count). The molecule has 0 N–H and O–H groups in total. The van der Waals surface area contributed by atoms with E-state index in [9.17, 15) is 12.8 Å². The van der Waals surface area contributed by atoms with Gasteiger partial charge in [-0.05, 0) is 33.6 Å². The lowest BCUT2D eigenvalue weighted by Crippen LogP contribution is -2.44. The van der Waals surface area contributed by atoms with Gasteiger partial charge in [0.05, 0.1) is 30.3 Å². The van der Waals surface area contributed by atoms with Gasteiger partial charge in [0, 0.05) is 13.1 Å². The minimum absolute atomic E-state index is 0.0433. The van der Waals surface area contributed by atoms with Crippen LogP contribution in [0.2, 0.25) is 0 Å². The second-order valence-electron chi connectivity index (χ2n) is 6.24. The third kappa shape index (κ3) is 3.56. The summed E-state index contributed by atoms with van der Waals surface area (Å²) < 4.78 is 47.9. The van der Waals surface area contributed by atoms with Crippen molar-refractivity contribution >= 4 is 10.0 Å². The molecule has 2 aromatic heterocycles. The first-order chi connectivity index (χ1) is 12.3. The predicted molar refractivity (Wildman–Crippen MR) is 91.8 cm³/mol. The van der Waals surface area contributed by atoms with Crippen LogP contribution in [0.3, 0.4) is 0 Å². The average molecular weight is 383 g/mol. The average Bonchev–Trinajstić information content (AvgIpc) is 2.91. The molecular formula is C16H22FN5O3S. The molecular weight excluding hydrogens is 361 g/mol. The molecule has 0 saturated carbocycles. The van der Waals surface area contributed by atoms with E-state index in [0.717, 1.165) is 12.4 Å². The second-order valence-corrected chi connectivity index (χ2v) is 8.12. The molecule has 0 radical (unpaired) electrons. The molecule has 1 fully saturated rings. The van der Waals surface area contributed by atoms with Crippen molar-refractivity contribution < 1.29 is 17.5 Å². The molecule has 8 nitrogen and oxygen atoms in total. The molecule has 0 spiro atoms. The lowest BCUT2D eigenvalue weighted by molar-refractivity contribution is 0.119. The Morgan fingerprint density at radius 3 is 2.62 bits per heavy atom. The van der Waals surface area contributed by atoms with Crippen LogP contribution < -0.4 is 4.74 Å². The standard InChI is InChI=1S/C16H22FN5O3S/c1-4-22-12(3)15(11(2)20-22)26(23,24)21-7-5-6-14(10-21)25-16-18-8-13(17)9-19-16/h8-9,14H,4-7,10H2,1-3H3. The van der Waals surface area contributed by atoms with Crippen molar-refractivity contribution in [1.29, 1.82) is 0 Å². The number of nitrogens with zero attached hydrogens (tertiary/aromatic N) is 5. The van der Waals surface area contributed by atoms with Gasteiger partial charge in [0.25, 0.3) is 0 Å². The fourth-order valence-corrected chi connectivity index (χ4v) is 5.10. The maximum Gasteiger partial charge on any atom is 0.316 e. The molecule has 0 amide bonds. The summed E-state index contributed by atoms with van der Waals surface area (Å²) in [5.74, 6) is -0.552. The number of halogens is 1. The number of rotatable bonds is 5. The van der Waals surface area contributed by atoms with Crippen molar-refractivity contribution in [3.63, 3.8) is 0 Å². The normalized spacial score (nSPS) is 18.8. The molecule has 142 valence electrons. The van der Waals surface area contributed by atoms with E-state index in [1.807, 2.05) is 6.92 Å². The van der Waals surface area contributed by atoms with Gasteiger partial charge < -0.3 is 4.74 Å². The van der Waals surface area contributed by atoms with Crippen molar-refractivity contribution in [3.8, 4) is 6.01 Å². The van der Waals surface area contributed by atoms with Crippen molar-refractivity contribution in [2.24, 2.45) is 0 Å². The molecule has 26 heavy (non-hydrogen) atoms. The summed E-state index contributed by atoms with van der Waals surface area (Å²) >= 11 is 0. The largest absolute Gasteiger partial charge is 0.459 e. The van der Waals surface area contributed by atoms with Gasteiger partial charge in [0.1, 0.15) is 11.0 Å². The minimum atomic E-state index is -3.68. The molecule has 0 aliphatic carbocycles. The third-order valence-corrected chi connectivity index (χ3v) is 6.54. The van der Waals surface area contributed by atoms with Crippen molar-refractivity contribution in [3.05, 3.63) is 29.6 Å². The van der Waals surface area contributed by atoms with Gasteiger partial charge in [0.2, 0.25) is 10.0 Å². The van der Waals surface area contributed by atoms with E-state index in [4.69, 9.17) is 4.74 Å². The zero-order valence-electron chi connectivity index (χ0n) is 15.0. The van der Waals surface area contributed by atoms with Gasteiger partial charge >= 0.3 is 6.01 Å². The van der Waals surface area contributed by atoms with Gasteiger partial charge in [-0.25, -0.2) is 22.8 Å². The minimum Gasteiger partial charge on any atom is -0.459 e. The van der Waals surface area contributed by atoms with E-state index in [1.165, 1.54) is 4.31 Å². The third-order valence-electron chi connectivity index (χ3n) is 4.42. The van der Waals surface area contributed by atoms with Gasteiger partial charge in [0.15, 0.2) is 5.82 Å². The summed E-state index contributed by atoms with van der Waals surface area (Å²) in [7, 11) is -3.68. The monoisotopic (exact) mass is 383 g/mol. The Labute approximate surface area is 152 Å². The highest BCUT2D eigenvalue weighted by Crippen LogP contribution is 2.27. The van der Waals surface area contributed by atoms with E-state index >= 15 is 0 Å². The van der Waals surface area contributed by atoms with E-state index < -0.39 is 15.8 Å². The van der Waals surface area contributed by atoms with Gasteiger partial charge in [-0.2, -0.15) is 9.40 Å². The van der Waals surface area contributed by atoms with Gasteiger partial charge in [-0.3, -0.25) is 4.68 Å². The number of hydrogen-bond donors (Lipinski definition) is 0. The van der Waals surface area contributed by atoms with E-state index in [1.54, 1.807) is 18.5 Å². The second kappa shape index (κ2) is 7.28. The van der Waals surface area contributed by atoms with E-state index in [0.29, 0.717) is 37.3 Å². The summed E-state index contributed by atoms with van der Waals surface area (Å²) in [6.07, 6.45) is 2.99. The van der Waals surface area contributed by atoms with Crippen LogP contribution in [-0.4, -0.2) is 51.7 Å². The van der Waals surface area contributed by atoms with Crippen LogP contribution in [0.5, 0.6) is 6.01 Å². The lowest BCUT2D eigenvalue weighted by atomic mass is 10.1. The fraction of sp³-hybridized carbons (Fsp3) is 0.562. The van der Waals surface area contributed by atoms with Crippen LogP contribution in [0.15, 0.2) is 17.3 Å². The van der Waals surface area contributed by atoms with Crippen LogP contribution in [-0.2, 0) is 16.6 Å². The summed E-state index contributed by atoms with van der Waals surface area (Å²) in [5.41, 5.74) is 1.13. The summed E-state index contributed by atoms with van der Waals surface area (Å²) in [6.45, 7) is 6.61. The Kier molecular flexibility index (Phi) is 5.24. The number of aryl methyl sites for hydroxylation is 2. The van der Waals surface area contributed by atoms with Gasteiger partial charge in [-0.15, -0.1) is 0 Å². The summed E-state index contributed by atoms with van der Waals surface area (Å²) in [5, 5.41) is 4.31. The maximum absolute atomic E-state index is 13.1. The highest BCUT2D eigenvalue weighted by molar-refractivity contribution is 7.89.